The van der Waals surface area contributed by atoms with E-state index in [2.05, 4.69) is 0 Å². The number of alkyl halides is 1. The van der Waals surface area contributed by atoms with E-state index in [1.54, 1.807) is 0 Å². The fraction of sp³-hybridized carbons (Fsp3) is 0.200. The molecule has 0 spiro atoms. The van der Waals surface area contributed by atoms with E-state index in [4.69, 9.17) is 25.8 Å². The maximum Gasteiger partial charge on any atom is 0.231 e. The molecule has 0 aliphatic carbocycles. The van der Waals surface area contributed by atoms with Gasteiger partial charge in [0.25, 0.3) is 0 Å². The first-order valence-electron chi connectivity index (χ1n) is 6.02. The van der Waals surface area contributed by atoms with E-state index >= 15 is 0 Å². The number of hydrogen-bond donors (Lipinski definition) is 0. The molecule has 1 heterocycles. The van der Waals surface area contributed by atoms with Crippen LogP contribution in [0.15, 0.2) is 42.5 Å². The van der Waals surface area contributed by atoms with Gasteiger partial charge in [0, 0.05) is 5.56 Å². The number of fused-ring (bicyclic) bond motifs is 1. The third kappa shape index (κ3) is 2.47. The summed E-state index contributed by atoms with van der Waals surface area (Å²) < 4.78 is 16.7. The minimum Gasteiger partial charge on any atom is -0.485 e. The van der Waals surface area contributed by atoms with Crippen molar-refractivity contribution in [1.82, 2.24) is 0 Å². The summed E-state index contributed by atoms with van der Waals surface area (Å²) in [7, 11) is 0. The summed E-state index contributed by atoms with van der Waals surface area (Å²) in [6, 6.07) is 13.7. The van der Waals surface area contributed by atoms with Gasteiger partial charge in [-0.25, -0.2) is 0 Å². The third-order valence-electron chi connectivity index (χ3n) is 2.95. The average Bonchev–Trinajstić information content (AvgIpc) is 2.94. The van der Waals surface area contributed by atoms with Gasteiger partial charge in [-0.15, -0.1) is 11.6 Å². The smallest absolute Gasteiger partial charge is 0.231 e. The van der Waals surface area contributed by atoms with E-state index in [9.17, 15) is 0 Å². The molecule has 1 aliphatic rings. The largest absolute Gasteiger partial charge is 0.485 e. The van der Waals surface area contributed by atoms with E-state index in [-0.39, 0.29) is 6.79 Å². The monoisotopic (exact) mass is 276 g/mol. The van der Waals surface area contributed by atoms with Crippen molar-refractivity contribution in [3.8, 4) is 17.2 Å². The Kier molecular flexibility index (Phi) is 3.47. The molecule has 3 rings (SSSR count). The first kappa shape index (κ1) is 12.2. The Morgan fingerprint density at radius 3 is 2.68 bits per heavy atom. The lowest BCUT2D eigenvalue weighted by Gasteiger charge is -2.12. The number of halogens is 1. The molecular weight excluding hydrogens is 264 g/mol. The number of hydrogen-bond acceptors (Lipinski definition) is 3. The lowest BCUT2D eigenvalue weighted by Crippen LogP contribution is -1.99. The Balaban J connectivity index is 1.85. The number of benzene rings is 2. The van der Waals surface area contributed by atoms with Crippen molar-refractivity contribution in [2.45, 2.75) is 12.5 Å². The molecule has 0 saturated carbocycles. The van der Waals surface area contributed by atoms with E-state index in [0.29, 0.717) is 29.7 Å². The minimum atomic E-state index is 0.225. The van der Waals surface area contributed by atoms with Crippen molar-refractivity contribution in [2.75, 3.05) is 6.79 Å². The van der Waals surface area contributed by atoms with E-state index in [1.165, 1.54) is 0 Å². The van der Waals surface area contributed by atoms with Crippen LogP contribution in [0.4, 0.5) is 0 Å². The van der Waals surface area contributed by atoms with Gasteiger partial charge in [0.1, 0.15) is 6.61 Å². The zero-order valence-electron chi connectivity index (χ0n) is 10.3. The van der Waals surface area contributed by atoms with Gasteiger partial charge in [-0.2, -0.15) is 0 Å². The van der Waals surface area contributed by atoms with Crippen LogP contribution in [0.5, 0.6) is 17.2 Å². The van der Waals surface area contributed by atoms with Crippen LogP contribution in [0, 0.1) is 0 Å². The second-order valence-electron chi connectivity index (χ2n) is 4.20. The fourth-order valence-electron chi connectivity index (χ4n) is 1.98. The molecule has 0 radical (unpaired) electrons. The molecule has 0 unspecified atom stereocenters. The van der Waals surface area contributed by atoms with Crippen molar-refractivity contribution < 1.29 is 14.2 Å². The summed E-state index contributed by atoms with van der Waals surface area (Å²) in [6.07, 6.45) is 0. The highest BCUT2D eigenvalue weighted by atomic mass is 35.5. The zero-order chi connectivity index (χ0) is 13.1. The highest BCUT2D eigenvalue weighted by Gasteiger charge is 2.21. The summed E-state index contributed by atoms with van der Waals surface area (Å²) in [4.78, 5) is 0. The lowest BCUT2D eigenvalue weighted by molar-refractivity contribution is 0.169. The molecule has 0 aromatic heterocycles. The van der Waals surface area contributed by atoms with Crippen LogP contribution in [0.1, 0.15) is 11.1 Å². The summed E-state index contributed by atoms with van der Waals surface area (Å²) in [5.41, 5.74) is 2.00. The molecule has 0 atom stereocenters. The second kappa shape index (κ2) is 5.41. The Morgan fingerprint density at radius 2 is 1.89 bits per heavy atom. The average molecular weight is 277 g/mol. The molecule has 0 fully saturated rings. The summed E-state index contributed by atoms with van der Waals surface area (Å²) in [5, 5.41) is 0. The normalized spacial score (nSPS) is 12.5. The van der Waals surface area contributed by atoms with Gasteiger partial charge in [-0.05, 0) is 11.6 Å². The zero-order valence-corrected chi connectivity index (χ0v) is 11.0. The molecular formula is C15H13ClO3. The second-order valence-corrected chi connectivity index (χ2v) is 4.46. The first-order chi connectivity index (χ1) is 9.38. The Labute approximate surface area is 116 Å². The molecule has 0 saturated heterocycles. The predicted octanol–water partition coefficient (Wildman–Crippen LogP) is 3.73. The molecule has 3 nitrogen and oxygen atoms in total. The van der Waals surface area contributed by atoms with Gasteiger partial charge in [-0.1, -0.05) is 36.4 Å². The first-order valence-corrected chi connectivity index (χ1v) is 6.56. The van der Waals surface area contributed by atoms with Crippen molar-refractivity contribution in [3.63, 3.8) is 0 Å². The minimum absolute atomic E-state index is 0.225. The fourth-order valence-corrected chi connectivity index (χ4v) is 2.19. The maximum absolute atomic E-state index is 5.94. The standard InChI is InChI=1S/C15H13ClO3/c16-8-12-6-7-13-15(19-10-18-13)14(12)17-9-11-4-2-1-3-5-11/h1-7H,8-10H2. The van der Waals surface area contributed by atoms with Gasteiger partial charge < -0.3 is 14.2 Å². The molecule has 0 amide bonds. The molecule has 0 N–H and O–H groups in total. The molecule has 4 heteroatoms. The van der Waals surface area contributed by atoms with Crippen LogP contribution in [0.25, 0.3) is 0 Å². The molecule has 19 heavy (non-hydrogen) atoms. The van der Waals surface area contributed by atoms with Crippen molar-refractivity contribution in [3.05, 3.63) is 53.6 Å². The number of ether oxygens (including phenoxy) is 3. The van der Waals surface area contributed by atoms with Gasteiger partial charge >= 0.3 is 0 Å². The molecule has 98 valence electrons. The van der Waals surface area contributed by atoms with Crippen molar-refractivity contribution >= 4 is 11.6 Å². The molecule has 2 aromatic rings. The van der Waals surface area contributed by atoms with Crippen LogP contribution in [-0.2, 0) is 12.5 Å². The highest BCUT2D eigenvalue weighted by Crippen LogP contribution is 2.44. The van der Waals surface area contributed by atoms with Crippen LogP contribution in [-0.4, -0.2) is 6.79 Å². The maximum atomic E-state index is 5.94. The molecule has 1 aliphatic heterocycles. The van der Waals surface area contributed by atoms with Crippen molar-refractivity contribution in [1.29, 1.82) is 0 Å². The van der Waals surface area contributed by atoms with Crippen LogP contribution in [0.3, 0.4) is 0 Å². The summed E-state index contributed by atoms with van der Waals surface area (Å²) >= 11 is 5.94. The van der Waals surface area contributed by atoms with Gasteiger partial charge in [0.2, 0.25) is 12.5 Å². The quantitative estimate of drug-likeness (QED) is 0.797. The highest BCUT2D eigenvalue weighted by molar-refractivity contribution is 6.17. The van der Waals surface area contributed by atoms with Crippen LogP contribution >= 0.6 is 11.6 Å². The Bertz CT molecular complexity index is 569. The third-order valence-corrected chi connectivity index (χ3v) is 3.23. The molecule has 0 bridgehead atoms. The van der Waals surface area contributed by atoms with Gasteiger partial charge in [0.15, 0.2) is 11.5 Å². The van der Waals surface area contributed by atoms with Gasteiger partial charge in [0.05, 0.1) is 5.88 Å². The van der Waals surface area contributed by atoms with Gasteiger partial charge in [-0.3, -0.25) is 0 Å². The number of rotatable bonds is 4. The molecule has 2 aromatic carbocycles. The summed E-state index contributed by atoms with van der Waals surface area (Å²) in [5.74, 6) is 2.40. The van der Waals surface area contributed by atoms with Crippen molar-refractivity contribution in [2.24, 2.45) is 0 Å². The van der Waals surface area contributed by atoms with E-state index < -0.39 is 0 Å². The lowest BCUT2D eigenvalue weighted by atomic mass is 10.2. The predicted molar refractivity (Wildman–Crippen MR) is 72.9 cm³/mol. The Morgan fingerprint density at radius 1 is 1.05 bits per heavy atom. The van der Waals surface area contributed by atoms with Crippen LogP contribution < -0.4 is 14.2 Å². The summed E-state index contributed by atoms with van der Waals surface area (Å²) in [6.45, 7) is 0.702. The van der Waals surface area contributed by atoms with E-state index in [0.717, 1.165) is 11.1 Å². The Hall–Kier alpha value is -1.87. The van der Waals surface area contributed by atoms with E-state index in [1.807, 2.05) is 42.5 Å². The topological polar surface area (TPSA) is 27.7 Å². The van der Waals surface area contributed by atoms with Crippen LogP contribution in [0.2, 0.25) is 0 Å². The SMILES string of the molecule is ClCc1ccc2c(c1OCc1ccccc1)OCO2.